The normalized spacial score (nSPS) is 24.3. The van der Waals surface area contributed by atoms with Crippen molar-refractivity contribution in [3.63, 3.8) is 0 Å². The van der Waals surface area contributed by atoms with Crippen molar-refractivity contribution in [1.82, 2.24) is 9.80 Å². The molecule has 2 unspecified atom stereocenters. The molecule has 37 heavy (non-hydrogen) atoms. The summed E-state index contributed by atoms with van der Waals surface area (Å²) in [7, 11) is 0. The monoisotopic (exact) mass is 521 g/mol. The zero-order chi connectivity index (χ0) is 26.7. The van der Waals surface area contributed by atoms with E-state index < -0.39 is 24.3 Å². The van der Waals surface area contributed by atoms with Crippen LogP contribution in [0.15, 0.2) is 42.5 Å². The molecule has 2 aromatic rings. The Hall–Kier alpha value is -2.49. The Morgan fingerprint density at radius 1 is 1.16 bits per heavy atom. The molecule has 2 heterocycles. The number of halogens is 4. The summed E-state index contributed by atoms with van der Waals surface area (Å²) >= 11 is 0. The fraction of sp³-hybridized carbons (Fsp3) is 0.536. The van der Waals surface area contributed by atoms with E-state index in [9.17, 15) is 27.5 Å². The number of alkyl halides is 3. The van der Waals surface area contributed by atoms with Crippen LogP contribution >= 0.6 is 0 Å². The molecule has 0 spiro atoms. The third-order valence-corrected chi connectivity index (χ3v) is 7.95. The Labute approximate surface area is 215 Å². The van der Waals surface area contributed by atoms with E-state index in [2.05, 4.69) is 4.90 Å². The van der Waals surface area contributed by atoms with Gasteiger partial charge in [0.05, 0.1) is 6.17 Å². The van der Waals surface area contributed by atoms with Crippen LogP contribution < -0.4 is 5.73 Å². The van der Waals surface area contributed by atoms with Crippen LogP contribution in [-0.2, 0) is 0 Å². The predicted molar refractivity (Wildman–Crippen MR) is 134 cm³/mol. The molecule has 2 fully saturated rings. The van der Waals surface area contributed by atoms with E-state index in [4.69, 9.17) is 5.73 Å². The lowest BCUT2D eigenvalue weighted by Gasteiger charge is -2.39. The Morgan fingerprint density at radius 2 is 1.92 bits per heavy atom. The third-order valence-electron chi connectivity index (χ3n) is 7.95. The average Bonchev–Trinajstić information content (AvgIpc) is 3.36. The van der Waals surface area contributed by atoms with Crippen LogP contribution in [-0.4, -0.2) is 65.3 Å². The Bertz CT molecular complexity index is 1090. The number of likely N-dealkylation sites (tertiary alicyclic amines) is 2. The lowest BCUT2D eigenvalue weighted by atomic mass is 9.75. The van der Waals surface area contributed by atoms with Crippen LogP contribution in [0.1, 0.15) is 59.5 Å². The van der Waals surface area contributed by atoms with Gasteiger partial charge in [-0.2, -0.15) is 13.2 Å². The second-order valence-corrected chi connectivity index (χ2v) is 10.3. The molecule has 4 rings (SSSR count). The molecular formula is C28H35F4N3O2. The first-order chi connectivity index (χ1) is 17.6. The van der Waals surface area contributed by atoms with E-state index in [1.54, 1.807) is 25.1 Å². The van der Waals surface area contributed by atoms with Crippen molar-refractivity contribution in [2.75, 3.05) is 26.2 Å². The maximum atomic E-state index is 14.4. The summed E-state index contributed by atoms with van der Waals surface area (Å²) in [6, 6.07) is 9.71. The van der Waals surface area contributed by atoms with E-state index in [0.717, 1.165) is 5.56 Å². The Balaban J connectivity index is 1.45. The maximum Gasteiger partial charge on any atom is 0.404 e. The zero-order valence-corrected chi connectivity index (χ0v) is 21.1. The first-order valence-corrected chi connectivity index (χ1v) is 12.9. The molecule has 4 atom stereocenters. The number of carbonyl (C=O) groups excluding carboxylic acids is 1. The third kappa shape index (κ3) is 6.33. The topological polar surface area (TPSA) is 69.8 Å². The number of phenolic OH excluding ortho intramolecular Hbond substituents is 1. The number of nitrogens with zero attached hydrogens (tertiary/aromatic N) is 2. The van der Waals surface area contributed by atoms with Gasteiger partial charge in [0.25, 0.3) is 0 Å². The molecule has 9 heteroatoms. The van der Waals surface area contributed by atoms with Crippen molar-refractivity contribution >= 4 is 5.78 Å². The minimum atomic E-state index is -4.27. The predicted octanol–water partition coefficient (Wildman–Crippen LogP) is 5.22. The quantitative estimate of drug-likeness (QED) is 0.368. The molecule has 5 nitrogen and oxygen atoms in total. The van der Waals surface area contributed by atoms with Crippen molar-refractivity contribution in [2.24, 2.45) is 11.7 Å². The number of piperidine rings is 1. The van der Waals surface area contributed by atoms with Gasteiger partial charge < -0.3 is 15.7 Å². The molecule has 2 aliphatic heterocycles. The summed E-state index contributed by atoms with van der Waals surface area (Å²) in [6.07, 6.45) is -2.67. The largest absolute Gasteiger partial charge is 0.508 e. The number of nitrogens with two attached hydrogens (primary N) is 1. The number of hydrogen-bond donors (Lipinski definition) is 2. The van der Waals surface area contributed by atoms with Gasteiger partial charge in [-0.05, 0) is 87.4 Å². The van der Waals surface area contributed by atoms with Crippen molar-refractivity contribution in [1.29, 1.82) is 0 Å². The van der Waals surface area contributed by atoms with E-state index in [1.807, 2.05) is 6.07 Å². The highest BCUT2D eigenvalue weighted by Gasteiger charge is 2.47. The van der Waals surface area contributed by atoms with Crippen LogP contribution in [0, 0.1) is 18.7 Å². The minimum Gasteiger partial charge on any atom is -0.508 e. The summed E-state index contributed by atoms with van der Waals surface area (Å²) in [5.41, 5.74) is 7.92. The van der Waals surface area contributed by atoms with Gasteiger partial charge in [0.15, 0.2) is 5.78 Å². The van der Waals surface area contributed by atoms with Crippen LogP contribution in [0.25, 0.3) is 0 Å². The van der Waals surface area contributed by atoms with Gasteiger partial charge in [0.2, 0.25) is 0 Å². The Morgan fingerprint density at radius 3 is 2.65 bits per heavy atom. The second kappa shape index (κ2) is 11.5. The van der Waals surface area contributed by atoms with Crippen LogP contribution in [0.5, 0.6) is 5.75 Å². The van der Waals surface area contributed by atoms with Crippen molar-refractivity contribution in [3.05, 3.63) is 65.0 Å². The van der Waals surface area contributed by atoms with Gasteiger partial charge in [0.1, 0.15) is 17.6 Å². The van der Waals surface area contributed by atoms with Gasteiger partial charge in [-0.25, -0.2) is 4.39 Å². The number of carbonyl (C=O) groups is 1. The Kier molecular flexibility index (Phi) is 8.56. The second-order valence-electron chi connectivity index (χ2n) is 10.3. The van der Waals surface area contributed by atoms with E-state index >= 15 is 0 Å². The molecule has 2 saturated heterocycles. The molecule has 202 valence electrons. The summed E-state index contributed by atoms with van der Waals surface area (Å²) in [6.45, 7) is 3.82. The first kappa shape index (κ1) is 27.5. The molecule has 2 aromatic carbocycles. The number of phenols is 1. The smallest absolute Gasteiger partial charge is 0.404 e. The summed E-state index contributed by atoms with van der Waals surface area (Å²) in [5, 5.41) is 9.90. The standard InChI is InChI=1S/C28H35F4N3O2/c1-18-21(8-3-9-24(18)29)22-12-15-34(17-23(22)27(37)19-6-2-7-20(36)16-19)13-5-11-26(33)35-14-4-10-25(35)28(30,31)32/h2-3,6-9,16,22-23,25-26,36H,4-5,10-15,17,33H2,1H3/t22?,23?,25-,26+/m0/s1. The summed E-state index contributed by atoms with van der Waals surface area (Å²) < 4.78 is 54.3. The van der Waals surface area contributed by atoms with Gasteiger partial charge >= 0.3 is 6.18 Å². The molecule has 0 aliphatic carbocycles. The fourth-order valence-corrected chi connectivity index (χ4v) is 5.99. The highest BCUT2D eigenvalue weighted by molar-refractivity contribution is 5.99. The molecule has 0 amide bonds. The van der Waals surface area contributed by atoms with Gasteiger partial charge in [-0.3, -0.25) is 9.69 Å². The number of hydrogen-bond acceptors (Lipinski definition) is 5. The number of ketones is 1. The molecule has 0 radical (unpaired) electrons. The molecule has 0 aromatic heterocycles. The lowest BCUT2D eigenvalue weighted by molar-refractivity contribution is -0.181. The van der Waals surface area contributed by atoms with Crippen LogP contribution in [0.2, 0.25) is 0 Å². The maximum absolute atomic E-state index is 14.4. The summed E-state index contributed by atoms with van der Waals surface area (Å²) in [5.74, 6) is -1.04. The van der Waals surface area contributed by atoms with Crippen molar-refractivity contribution in [2.45, 2.75) is 63.3 Å². The van der Waals surface area contributed by atoms with E-state index in [1.165, 1.54) is 23.1 Å². The lowest BCUT2D eigenvalue weighted by Crippen LogP contribution is -2.51. The SMILES string of the molecule is Cc1c(F)cccc1C1CCN(CCC[C@H](N)N2CCC[C@H]2C(F)(F)F)CC1C(=O)c1cccc(O)c1. The molecule has 0 saturated carbocycles. The van der Waals surface area contributed by atoms with Gasteiger partial charge in [-0.1, -0.05) is 24.3 Å². The van der Waals surface area contributed by atoms with Crippen LogP contribution in [0.4, 0.5) is 17.6 Å². The highest BCUT2D eigenvalue weighted by Crippen LogP contribution is 2.38. The number of aromatic hydroxyl groups is 1. The van der Waals surface area contributed by atoms with Crippen LogP contribution in [0.3, 0.4) is 0 Å². The zero-order valence-electron chi connectivity index (χ0n) is 21.1. The number of benzene rings is 2. The first-order valence-electron chi connectivity index (χ1n) is 12.9. The molecule has 3 N–H and O–H groups in total. The fourth-order valence-electron chi connectivity index (χ4n) is 5.99. The molecular weight excluding hydrogens is 486 g/mol. The number of Topliss-reactive ketones (excluding diaryl/α,β-unsaturated/α-hetero) is 1. The number of rotatable bonds is 8. The van der Waals surface area contributed by atoms with E-state index in [-0.39, 0.29) is 29.7 Å². The molecule has 2 aliphatic rings. The molecule has 0 bridgehead atoms. The van der Waals surface area contributed by atoms with Gasteiger partial charge in [0, 0.05) is 24.6 Å². The highest BCUT2D eigenvalue weighted by atomic mass is 19.4. The summed E-state index contributed by atoms with van der Waals surface area (Å²) in [4.78, 5) is 17.1. The van der Waals surface area contributed by atoms with E-state index in [0.29, 0.717) is 63.0 Å². The minimum absolute atomic E-state index is 0.00469. The van der Waals surface area contributed by atoms with Crippen molar-refractivity contribution < 1.29 is 27.5 Å². The van der Waals surface area contributed by atoms with Gasteiger partial charge in [-0.15, -0.1) is 0 Å². The average molecular weight is 522 g/mol. The van der Waals surface area contributed by atoms with Crippen molar-refractivity contribution in [3.8, 4) is 5.75 Å².